The molecule has 2 aliphatic rings. The van der Waals surface area contributed by atoms with Gasteiger partial charge in [-0.15, -0.1) is 11.3 Å². The van der Waals surface area contributed by atoms with E-state index in [0.717, 1.165) is 51.9 Å². The number of hydrogen-bond donors (Lipinski definition) is 1. The number of anilines is 1. The van der Waals surface area contributed by atoms with Crippen LogP contribution in [0.2, 0.25) is 0 Å². The monoisotopic (exact) mass is 398 g/mol. The zero-order valence-corrected chi connectivity index (χ0v) is 17.8. The molecule has 1 saturated heterocycles. The van der Waals surface area contributed by atoms with Crippen molar-refractivity contribution >= 4 is 33.3 Å². The minimum absolute atomic E-state index is 0.0233. The van der Waals surface area contributed by atoms with Gasteiger partial charge in [-0.3, -0.25) is 4.79 Å². The maximum atomic E-state index is 12.8. The highest BCUT2D eigenvalue weighted by molar-refractivity contribution is 7.20. The Kier molecular flexibility index (Phi) is 5.95. The Morgan fingerprint density at radius 3 is 2.86 bits per heavy atom. The minimum Gasteiger partial charge on any atom is -0.356 e. The molecule has 6 heteroatoms. The largest absolute Gasteiger partial charge is 0.356 e. The molecule has 1 aliphatic heterocycles. The van der Waals surface area contributed by atoms with Crippen LogP contribution in [-0.4, -0.2) is 35.5 Å². The first-order valence-corrected chi connectivity index (χ1v) is 11.4. The van der Waals surface area contributed by atoms with Gasteiger partial charge in [0.2, 0.25) is 0 Å². The molecule has 1 aliphatic carbocycles. The lowest BCUT2D eigenvalue weighted by molar-refractivity contribution is 0.0957. The third-order valence-corrected chi connectivity index (χ3v) is 7.31. The summed E-state index contributed by atoms with van der Waals surface area (Å²) < 4.78 is 0. The molecule has 1 N–H and O–H groups in total. The van der Waals surface area contributed by atoms with Crippen molar-refractivity contribution in [3.63, 3.8) is 0 Å². The summed E-state index contributed by atoms with van der Waals surface area (Å²) in [6.07, 6.45) is 12.3. The Hall–Kier alpha value is -1.95. The molecule has 0 atom stereocenters. The first-order chi connectivity index (χ1) is 13.6. The molecule has 4 rings (SSSR count). The highest BCUT2D eigenvalue weighted by Crippen LogP contribution is 2.36. The first kappa shape index (κ1) is 19.4. The Morgan fingerprint density at radius 1 is 1.29 bits per heavy atom. The zero-order chi connectivity index (χ0) is 19.5. The fourth-order valence-corrected chi connectivity index (χ4v) is 5.34. The van der Waals surface area contributed by atoms with Gasteiger partial charge in [-0.2, -0.15) is 0 Å². The van der Waals surface area contributed by atoms with Crippen LogP contribution in [0.25, 0.3) is 10.2 Å². The van der Waals surface area contributed by atoms with Gasteiger partial charge in [-0.25, -0.2) is 9.97 Å². The van der Waals surface area contributed by atoms with Crippen LogP contribution in [0.15, 0.2) is 18.0 Å². The molecule has 3 heterocycles. The molecule has 150 valence electrons. The molecule has 1 fully saturated rings. The number of piperidine rings is 1. The third-order valence-electron chi connectivity index (χ3n) is 6.11. The van der Waals surface area contributed by atoms with Crippen molar-refractivity contribution in [3.05, 3.63) is 28.4 Å². The molecular formula is C22H30N4OS. The lowest BCUT2D eigenvalue weighted by Gasteiger charge is -2.31. The predicted octanol–water partition coefficient (Wildman–Crippen LogP) is 4.86. The van der Waals surface area contributed by atoms with Gasteiger partial charge < -0.3 is 10.2 Å². The Morgan fingerprint density at radius 2 is 2.11 bits per heavy atom. The van der Waals surface area contributed by atoms with Gasteiger partial charge in [0.25, 0.3) is 5.91 Å². The molecular weight excluding hydrogens is 368 g/mol. The van der Waals surface area contributed by atoms with Crippen molar-refractivity contribution in [2.24, 2.45) is 5.92 Å². The molecule has 0 unspecified atom stereocenters. The van der Waals surface area contributed by atoms with Gasteiger partial charge in [0.05, 0.1) is 10.3 Å². The van der Waals surface area contributed by atoms with Gasteiger partial charge in [0, 0.05) is 19.6 Å². The number of nitrogens with zero attached hydrogens (tertiary/aromatic N) is 3. The highest BCUT2D eigenvalue weighted by Gasteiger charge is 2.24. The third kappa shape index (κ3) is 4.07. The van der Waals surface area contributed by atoms with E-state index < -0.39 is 0 Å². The number of amides is 1. The second-order valence-corrected chi connectivity index (χ2v) is 9.22. The first-order valence-electron chi connectivity index (χ1n) is 10.6. The lowest BCUT2D eigenvalue weighted by Crippen LogP contribution is -2.33. The molecule has 0 saturated carbocycles. The quantitative estimate of drug-likeness (QED) is 0.731. The zero-order valence-electron chi connectivity index (χ0n) is 17.0. The number of allylic oxidation sites excluding steroid dienone is 1. The van der Waals surface area contributed by atoms with Gasteiger partial charge >= 0.3 is 0 Å². The van der Waals surface area contributed by atoms with E-state index in [1.54, 1.807) is 6.33 Å². The Labute approximate surface area is 171 Å². The normalized spacial score (nSPS) is 18.4. The number of thiophene rings is 1. The molecule has 2 aromatic rings. The van der Waals surface area contributed by atoms with Crippen LogP contribution in [0.5, 0.6) is 0 Å². The van der Waals surface area contributed by atoms with Gasteiger partial charge in [0.1, 0.15) is 17.0 Å². The number of aryl methyl sites for hydroxylation is 1. The smallest absolute Gasteiger partial charge is 0.261 e. The molecule has 1 amide bonds. The fourth-order valence-electron chi connectivity index (χ4n) is 4.28. The number of carbonyl (C=O) groups excluding carboxylic acids is 1. The van der Waals surface area contributed by atoms with Crippen molar-refractivity contribution in [1.82, 2.24) is 15.3 Å². The average Bonchev–Trinajstić information content (AvgIpc) is 3.06. The Balaban J connectivity index is 1.50. The number of nitrogens with one attached hydrogen (secondary N) is 1. The molecule has 28 heavy (non-hydrogen) atoms. The van der Waals surface area contributed by atoms with E-state index in [1.807, 2.05) is 6.92 Å². The van der Waals surface area contributed by atoms with Crippen molar-refractivity contribution in [1.29, 1.82) is 0 Å². The maximum absolute atomic E-state index is 12.8. The predicted molar refractivity (Wildman–Crippen MR) is 116 cm³/mol. The van der Waals surface area contributed by atoms with Gasteiger partial charge in [-0.1, -0.05) is 18.6 Å². The van der Waals surface area contributed by atoms with Crippen molar-refractivity contribution in [3.8, 4) is 0 Å². The van der Waals surface area contributed by atoms with E-state index in [-0.39, 0.29) is 5.91 Å². The molecule has 0 radical (unpaired) electrons. The standard InChI is InChI=1S/C22H30N4OS/c1-15-9-12-26(13-10-15)20-18-16(2)19(28-22(18)25-14-24-20)21(27)23-11-8-17-6-4-3-5-7-17/h6,14-15H,3-5,7-13H2,1-2H3,(H,23,27). The summed E-state index contributed by atoms with van der Waals surface area (Å²) in [5.41, 5.74) is 2.51. The molecule has 0 bridgehead atoms. The number of hydrogen-bond acceptors (Lipinski definition) is 5. The van der Waals surface area contributed by atoms with Crippen LogP contribution in [0.4, 0.5) is 5.82 Å². The van der Waals surface area contributed by atoms with E-state index in [4.69, 9.17) is 0 Å². The van der Waals surface area contributed by atoms with Crippen LogP contribution >= 0.6 is 11.3 Å². The van der Waals surface area contributed by atoms with Crippen molar-refractivity contribution in [2.75, 3.05) is 24.5 Å². The number of fused-ring (bicyclic) bond motifs is 1. The number of aromatic nitrogens is 2. The van der Waals surface area contributed by atoms with E-state index in [0.29, 0.717) is 6.54 Å². The molecule has 0 aromatic carbocycles. The summed E-state index contributed by atoms with van der Waals surface area (Å²) in [6, 6.07) is 0. The van der Waals surface area contributed by atoms with Crippen molar-refractivity contribution < 1.29 is 4.79 Å². The summed E-state index contributed by atoms with van der Waals surface area (Å²) in [7, 11) is 0. The summed E-state index contributed by atoms with van der Waals surface area (Å²) in [5, 5.41) is 4.18. The van der Waals surface area contributed by atoms with Gasteiger partial charge in [0.15, 0.2) is 0 Å². The van der Waals surface area contributed by atoms with Crippen LogP contribution in [0.1, 0.15) is 67.1 Å². The molecule has 5 nitrogen and oxygen atoms in total. The fraction of sp³-hybridized carbons (Fsp3) is 0.591. The van der Waals surface area contributed by atoms with Crippen molar-refractivity contribution in [2.45, 2.75) is 58.8 Å². The number of rotatable bonds is 5. The highest BCUT2D eigenvalue weighted by atomic mass is 32.1. The summed E-state index contributed by atoms with van der Waals surface area (Å²) in [6.45, 7) is 7.12. The second kappa shape index (κ2) is 8.60. The van der Waals surface area contributed by atoms with Crippen LogP contribution in [-0.2, 0) is 0 Å². The second-order valence-electron chi connectivity index (χ2n) is 8.22. The van der Waals surface area contributed by atoms with E-state index in [2.05, 4.69) is 33.2 Å². The number of carbonyl (C=O) groups is 1. The van der Waals surface area contributed by atoms with E-state index >= 15 is 0 Å². The van der Waals surface area contributed by atoms with Crippen LogP contribution < -0.4 is 10.2 Å². The van der Waals surface area contributed by atoms with E-state index in [9.17, 15) is 4.79 Å². The van der Waals surface area contributed by atoms with Crippen LogP contribution in [0, 0.1) is 12.8 Å². The summed E-state index contributed by atoms with van der Waals surface area (Å²) in [4.78, 5) is 25.9. The Bertz CT molecular complexity index is 880. The topological polar surface area (TPSA) is 58.1 Å². The maximum Gasteiger partial charge on any atom is 0.261 e. The van der Waals surface area contributed by atoms with E-state index in [1.165, 1.54) is 55.4 Å². The molecule has 2 aromatic heterocycles. The van der Waals surface area contributed by atoms with Gasteiger partial charge in [-0.05, 0) is 63.4 Å². The minimum atomic E-state index is 0.0233. The summed E-state index contributed by atoms with van der Waals surface area (Å²) >= 11 is 1.49. The molecule has 0 spiro atoms. The summed E-state index contributed by atoms with van der Waals surface area (Å²) in [5.74, 6) is 1.80. The van der Waals surface area contributed by atoms with Crippen LogP contribution in [0.3, 0.4) is 0 Å². The SMILES string of the molecule is Cc1c(C(=O)NCCC2=CCCCC2)sc2ncnc(N3CCC(C)CC3)c12. The lowest BCUT2D eigenvalue weighted by atomic mass is 9.97. The average molecular weight is 399 g/mol.